The van der Waals surface area contributed by atoms with Gasteiger partial charge in [-0.25, -0.2) is 5.48 Å². The van der Waals surface area contributed by atoms with Gasteiger partial charge in [-0.2, -0.15) is 0 Å². The number of carbonyl (C=O) groups excluding carboxylic acids is 1. The van der Waals surface area contributed by atoms with Gasteiger partial charge in [0.05, 0.1) is 22.7 Å². The molecule has 0 unspecified atom stereocenters. The van der Waals surface area contributed by atoms with Crippen LogP contribution in [0.5, 0.6) is 0 Å². The molecule has 0 saturated carbocycles. The summed E-state index contributed by atoms with van der Waals surface area (Å²) >= 11 is 17.2. The molecule has 0 fully saturated rings. The molecule has 0 heterocycles. The number of hydrogen-bond acceptors (Lipinski definition) is 2. The molecule has 76 valence electrons. The second kappa shape index (κ2) is 4.84. The van der Waals surface area contributed by atoms with Gasteiger partial charge >= 0.3 is 0 Å². The summed E-state index contributed by atoms with van der Waals surface area (Å²) in [5.41, 5.74) is 2.25. The molecule has 1 aromatic carbocycles. The summed E-state index contributed by atoms with van der Waals surface area (Å²) in [5.74, 6) is -0.515. The molecule has 1 N–H and O–H groups in total. The van der Waals surface area contributed by atoms with E-state index in [1.165, 1.54) is 19.2 Å². The van der Waals surface area contributed by atoms with E-state index in [-0.39, 0.29) is 15.6 Å². The van der Waals surface area contributed by atoms with Crippen LogP contribution in [0.15, 0.2) is 12.1 Å². The normalized spacial score (nSPS) is 10.0. The van der Waals surface area contributed by atoms with Crippen molar-refractivity contribution in [3.63, 3.8) is 0 Å². The lowest BCUT2D eigenvalue weighted by atomic mass is 10.2. The van der Waals surface area contributed by atoms with Crippen molar-refractivity contribution in [3.05, 3.63) is 32.8 Å². The zero-order valence-corrected chi connectivity index (χ0v) is 9.37. The lowest BCUT2D eigenvalue weighted by Gasteiger charge is -2.06. The van der Waals surface area contributed by atoms with Crippen molar-refractivity contribution in [2.24, 2.45) is 0 Å². The van der Waals surface area contributed by atoms with Crippen LogP contribution in [-0.4, -0.2) is 13.0 Å². The van der Waals surface area contributed by atoms with E-state index < -0.39 is 5.91 Å². The van der Waals surface area contributed by atoms with Crippen LogP contribution in [0.3, 0.4) is 0 Å². The molecule has 0 atom stereocenters. The number of amides is 1. The Hall–Kier alpha value is -0.480. The number of rotatable bonds is 2. The van der Waals surface area contributed by atoms with Gasteiger partial charge in [-0.05, 0) is 12.1 Å². The monoisotopic (exact) mass is 253 g/mol. The summed E-state index contributed by atoms with van der Waals surface area (Å²) in [6, 6.07) is 2.86. The van der Waals surface area contributed by atoms with Crippen molar-refractivity contribution in [2.75, 3.05) is 7.11 Å². The lowest BCUT2D eigenvalue weighted by Crippen LogP contribution is -2.22. The molecule has 0 radical (unpaired) electrons. The quantitative estimate of drug-likeness (QED) is 0.824. The van der Waals surface area contributed by atoms with Gasteiger partial charge in [0.15, 0.2) is 0 Å². The Labute approximate surface area is 95.9 Å². The molecule has 0 bridgehead atoms. The second-order valence-corrected chi connectivity index (χ2v) is 3.63. The second-order valence-electron chi connectivity index (χ2n) is 2.38. The lowest BCUT2D eigenvalue weighted by molar-refractivity contribution is 0.0538. The van der Waals surface area contributed by atoms with Crippen LogP contribution in [0, 0.1) is 0 Å². The summed E-state index contributed by atoms with van der Waals surface area (Å²) in [6.07, 6.45) is 0. The van der Waals surface area contributed by atoms with E-state index in [0.29, 0.717) is 5.02 Å². The highest BCUT2D eigenvalue weighted by atomic mass is 35.5. The first-order valence-corrected chi connectivity index (χ1v) is 4.67. The van der Waals surface area contributed by atoms with Crippen LogP contribution in [0.25, 0.3) is 0 Å². The predicted molar refractivity (Wildman–Crippen MR) is 55.9 cm³/mol. The zero-order chi connectivity index (χ0) is 10.7. The van der Waals surface area contributed by atoms with Crippen LogP contribution in [0.4, 0.5) is 0 Å². The van der Waals surface area contributed by atoms with E-state index in [9.17, 15) is 4.79 Å². The fraction of sp³-hybridized carbons (Fsp3) is 0.125. The van der Waals surface area contributed by atoms with Gasteiger partial charge in [0, 0.05) is 5.02 Å². The van der Waals surface area contributed by atoms with Gasteiger partial charge in [-0.15, -0.1) is 0 Å². The molecule has 0 aromatic heterocycles. The summed E-state index contributed by atoms with van der Waals surface area (Å²) in [6.45, 7) is 0. The fourth-order valence-corrected chi connectivity index (χ4v) is 1.89. The highest BCUT2D eigenvalue weighted by molar-refractivity contribution is 6.42. The summed E-state index contributed by atoms with van der Waals surface area (Å²) in [7, 11) is 1.32. The molecule has 1 rings (SSSR count). The van der Waals surface area contributed by atoms with Gasteiger partial charge in [0.2, 0.25) is 0 Å². The number of carbonyl (C=O) groups is 1. The third kappa shape index (κ3) is 2.51. The number of halogens is 3. The fourth-order valence-electron chi connectivity index (χ4n) is 0.903. The Morgan fingerprint density at radius 3 is 2.21 bits per heavy atom. The molecule has 0 aliphatic rings. The molecule has 0 aliphatic heterocycles. The van der Waals surface area contributed by atoms with Crippen LogP contribution in [0.2, 0.25) is 15.1 Å². The maximum Gasteiger partial charge on any atom is 0.277 e. The topological polar surface area (TPSA) is 38.3 Å². The first-order chi connectivity index (χ1) is 6.56. The third-order valence-corrected chi connectivity index (χ3v) is 2.24. The molecule has 3 nitrogen and oxygen atoms in total. The van der Waals surface area contributed by atoms with Crippen LogP contribution in [-0.2, 0) is 4.84 Å². The molecule has 0 saturated heterocycles. The summed E-state index contributed by atoms with van der Waals surface area (Å²) in [5, 5.41) is 0.725. The largest absolute Gasteiger partial charge is 0.277 e. The number of nitrogens with one attached hydrogen (secondary N) is 1. The average molecular weight is 254 g/mol. The van der Waals surface area contributed by atoms with Gasteiger partial charge in [0.1, 0.15) is 0 Å². The maximum absolute atomic E-state index is 11.3. The summed E-state index contributed by atoms with van der Waals surface area (Å²) in [4.78, 5) is 15.8. The van der Waals surface area contributed by atoms with E-state index in [2.05, 4.69) is 10.3 Å². The Morgan fingerprint density at radius 2 is 1.79 bits per heavy atom. The number of benzene rings is 1. The molecule has 0 aliphatic carbocycles. The van der Waals surface area contributed by atoms with Gasteiger partial charge < -0.3 is 0 Å². The smallest absolute Gasteiger partial charge is 0.277 e. The van der Waals surface area contributed by atoms with E-state index in [1.54, 1.807) is 0 Å². The van der Waals surface area contributed by atoms with E-state index in [4.69, 9.17) is 34.8 Å². The van der Waals surface area contributed by atoms with Crippen molar-refractivity contribution in [1.29, 1.82) is 0 Å². The first-order valence-electron chi connectivity index (χ1n) is 3.54. The van der Waals surface area contributed by atoms with Crippen molar-refractivity contribution < 1.29 is 9.63 Å². The van der Waals surface area contributed by atoms with Crippen molar-refractivity contribution in [2.45, 2.75) is 0 Å². The van der Waals surface area contributed by atoms with Crippen molar-refractivity contribution in [1.82, 2.24) is 5.48 Å². The number of hydroxylamine groups is 1. The molecular weight excluding hydrogens is 248 g/mol. The average Bonchev–Trinajstić information content (AvgIpc) is 2.01. The molecule has 0 spiro atoms. The first kappa shape index (κ1) is 11.6. The van der Waals surface area contributed by atoms with E-state index >= 15 is 0 Å². The molecular formula is C8H6Cl3NO2. The highest BCUT2D eigenvalue weighted by Crippen LogP contribution is 2.28. The molecule has 14 heavy (non-hydrogen) atoms. The Morgan fingerprint density at radius 1 is 1.29 bits per heavy atom. The molecule has 6 heteroatoms. The standard InChI is InChI=1S/C8H6Cl3NO2/c1-14-12-8(13)7-5(10)2-4(9)3-6(7)11/h2-3H,1H3,(H,12,13). The Kier molecular flexibility index (Phi) is 4.01. The Bertz CT molecular complexity index is 345. The zero-order valence-electron chi connectivity index (χ0n) is 7.11. The molecule has 1 amide bonds. The Balaban J connectivity index is 3.14. The predicted octanol–water partition coefficient (Wildman–Crippen LogP) is 2.94. The SMILES string of the molecule is CONC(=O)c1c(Cl)cc(Cl)cc1Cl. The van der Waals surface area contributed by atoms with Crippen LogP contribution < -0.4 is 5.48 Å². The maximum atomic E-state index is 11.3. The van der Waals surface area contributed by atoms with Crippen LogP contribution in [0.1, 0.15) is 10.4 Å². The minimum atomic E-state index is -0.515. The molecule has 1 aromatic rings. The van der Waals surface area contributed by atoms with Crippen molar-refractivity contribution in [3.8, 4) is 0 Å². The van der Waals surface area contributed by atoms with Crippen LogP contribution >= 0.6 is 34.8 Å². The minimum absolute atomic E-state index is 0.139. The minimum Gasteiger partial charge on any atom is -0.277 e. The van der Waals surface area contributed by atoms with E-state index in [1.807, 2.05) is 0 Å². The number of hydrogen-bond donors (Lipinski definition) is 1. The third-order valence-electron chi connectivity index (χ3n) is 1.43. The van der Waals surface area contributed by atoms with Gasteiger partial charge in [-0.3, -0.25) is 9.63 Å². The van der Waals surface area contributed by atoms with Gasteiger partial charge in [-0.1, -0.05) is 34.8 Å². The summed E-state index contributed by atoms with van der Waals surface area (Å²) < 4.78 is 0. The van der Waals surface area contributed by atoms with Crippen molar-refractivity contribution >= 4 is 40.7 Å². The highest BCUT2D eigenvalue weighted by Gasteiger charge is 2.15. The van der Waals surface area contributed by atoms with Gasteiger partial charge in [0.25, 0.3) is 5.91 Å². The van der Waals surface area contributed by atoms with E-state index in [0.717, 1.165) is 0 Å².